The van der Waals surface area contributed by atoms with Gasteiger partial charge in [0.15, 0.2) is 23.4 Å². The molecule has 0 radical (unpaired) electrons. The lowest BCUT2D eigenvalue weighted by Gasteiger charge is -2.29. The van der Waals surface area contributed by atoms with Crippen molar-refractivity contribution in [2.24, 2.45) is 0 Å². The molecule has 1 aliphatic heterocycles. The van der Waals surface area contributed by atoms with Crippen molar-refractivity contribution in [2.45, 2.75) is 6.10 Å². The molecule has 0 N–H and O–H groups in total. The highest BCUT2D eigenvalue weighted by atomic mass is 19.1. The van der Waals surface area contributed by atoms with Crippen LogP contribution in [-0.2, 0) is 0 Å². The molecule has 1 aromatic heterocycles. The van der Waals surface area contributed by atoms with Crippen LogP contribution in [0.1, 0.15) is 10.6 Å². The SMILES string of the molecule is CN(CC1COc2ccccc2O1)C(=O)c1ccc(-c2ccc(F)cc2)o1. The first-order valence-electron chi connectivity index (χ1n) is 8.60. The van der Waals surface area contributed by atoms with Gasteiger partial charge in [0.2, 0.25) is 0 Å². The molecule has 1 aliphatic rings. The summed E-state index contributed by atoms with van der Waals surface area (Å²) in [7, 11) is 1.69. The number of para-hydroxylation sites is 2. The van der Waals surface area contributed by atoms with E-state index in [0.29, 0.717) is 36.0 Å². The third kappa shape index (κ3) is 3.65. The maximum atomic E-state index is 13.0. The molecule has 0 fully saturated rings. The Morgan fingerprint density at radius 1 is 1.07 bits per heavy atom. The number of fused-ring (bicyclic) bond motifs is 1. The van der Waals surface area contributed by atoms with Crippen LogP contribution in [0.2, 0.25) is 0 Å². The lowest BCUT2D eigenvalue weighted by atomic mass is 10.2. The third-order valence-corrected chi connectivity index (χ3v) is 4.34. The Balaban J connectivity index is 1.42. The Morgan fingerprint density at radius 2 is 1.81 bits per heavy atom. The molecule has 4 rings (SSSR count). The van der Waals surface area contributed by atoms with E-state index in [-0.39, 0.29) is 23.6 Å². The number of amides is 1. The first kappa shape index (κ1) is 17.1. The Morgan fingerprint density at radius 3 is 2.59 bits per heavy atom. The van der Waals surface area contributed by atoms with Crippen LogP contribution < -0.4 is 9.47 Å². The minimum atomic E-state index is -0.322. The van der Waals surface area contributed by atoms with E-state index in [1.807, 2.05) is 24.3 Å². The van der Waals surface area contributed by atoms with Crippen molar-refractivity contribution in [3.63, 3.8) is 0 Å². The molecule has 0 saturated heterocycles. The Labute approximate surface area is 155 Å². The maximum absolute atomic E-state index is 13.0. The van der Waals surface area contributed by atoms with E-state index in [9.17, 15) is 9.18 Å². The predicted octanol–water partition coefficient (Wildman–Crippen LogP) is 4.00. The Hall–Kier alpha value is -3.28. The second-order valence-corrected chi connectivity index (χ2v) is 6.35. The van der Waals surface area contributed by atoms with Crippen LogP contribution in [0.15, 0.2) is 65.1 Å². The highest BCUT2D eigenvalue weighted by molar-refractivity contribution is 5.92. The van der Waals surface area contributed by atoms with Gasteiger partial charge in [0, 0.05) is 12.6 Å². The Bertz CT molecular complexity index is 951. The van der Waals surface area contributed by atoms with Crippen LogP contribution in [-0.4, -0.2) is 37.1 Å². The summed E-state index contributed by atoms with van der Waals surface area (Å²) in [4.78, 5) is 14.2. The number of likely N-dealkylation sites (N-methyl/N-ethyl adjacent to an activating group) is 1. The molecule has 27 heavy (non-hydrogen) atoms. The number of nitrogens with zero attached hydrogens (tertiary/aromatic N) is 1. The van der Waals surface area contributed by atoms with Gasteiger partial charge in [-0.15, -0.1) is 0 Å². The van der Waals surface area contributed by atoms with Crippen molar-refractivity contribution < 1.29 is 23.1 Å². The normalized spacial score (nSPS) is 15.4. The van der Waals surface area contributed by atoms with Gasteiger partial charge in [-0.05, 0) is 48.5 Å². The molecule has 1 unspecified atom stereocenters. The molecule has 0 bridgehead atoms. The number of furan rings is 1. The van der Waals surface area contributed by atoms with Gasteiger partial charge in [0.25, 0.3) is 5.91 Å². The first-order valence-corrected chi connectivity index (χ1v) is 8.60. The molecule has 5 nitrogen and oxygen atoms in total. The topological polar surface area (TPSA) is 51.9 Å². The molecule has 0 spiro atoms. The standard InChI is InChI=1S/C21H18FNO4/c1-23(12-16-13-25-18-4-2-3-5-19(18)26-16)21(24)20-11-10-17(27-20)14-6-8-15(22)9-7-14/h2-11,16H,12-13H2,1H3. The smallest absolute Gasteiger partial charge is 0.289 e. The predicted molar refractivity (Wildman–Crippen MR) is 97.4 cm³/mol. The minimum Gasteiger partial charge on any atom is -0.486 e. The molecular formula is C21H18FNO4. The number of benzene rings is 2. The van der Waals surface area contributed by atoms with Crippen LogP contribution >= 0.6 is 0 Å². The molecule has 2 heterocycles. The summed E-state index contributed by atoms with van der Waals surface area (Å²) in [5, 5.41) is 0. The van der Waals surface area contributed by atoms with Crippen molar-refractivity contribution in [1.82, 2.24) is 4.90 Å². The molecule has 1 amide bonds. The average Bonchev–Trinajstić information content (AvgIpc) is 3.18. The summed E-state index contributed by atoms with van der Waals surface area (Å²) < 4.78 is 30.3. The largest absolute Gasteiger partial charge is 0.486 e. The molecule has 2 aromatic carbocycles. The van der Waals surface area contributed by atoms with E-state index in [1.165, 1.54) is 17.0 Å². The highest BCUT2D eigenvalue weighted by Gasteiger charge is 2.25. The van der Waals surface area contributed by atoms with Crippen molar-refractivity contribution in [1.29, 1.82) is 0 Å². The van der Waals surface area contributed by atoms with Gasteiger partial charge >= 0.3 is 0 Å². The van der Waals surface area contributed by atoms with Crippen LogP contribution in [0, 0.1) is 5.82 Å². The second kappa shape index (κ2) is 7.15. The van der Waals surface area contributed by atoms with Gasteiger partial charge in [-0.3, -0.25) is 4.79 Å². The van der Waals surface area contributed by atoms with Crippen molar-refractivity contribution in [3.8, 4) is 22.8 Å². The number of carbonyl (C=O) groups excluding carboxylic acids is 1. The molecule has 3 aromatic rings. The number of ether oxygens (including phenoxy) is 2. The van der Waals surface area contributed by atoms with E-state index in [0.717, 1.165) is 0 Å². The van der Waals surface area contributed by atoms with E-state index in [2.05, 4.69) is 0 Å². The van der Waals surface area contributed by atoms with Crippen molar-refractivity contribution in [2.75, 3.05) is 20.2 Å². The van der Waals surface area contributed by atoms with Crippen molar-refractivity contribution >= 4 is 5.91 Å². The summed E-state index contributed by atoms with van der Waals surface area (Å²) >= 11 is 0. The summed E-state index contributed by atoms with van der Waals surface area (Å²) in [5.41, 5.74) is 0.707. The van der Waals surface area contributed by atoms with Gasteiger partial charge in [-0.1, -0.05) is 12.1 Å². The fraction of sp³-hybridized carbons (Fsp3) is 0.190. The van der Waals surface area contributed by atoms with Gasteiger partial charge in [0.05, 0.1) is 6.54 Å². The summed E-state index contributed by atoms with van der Waals surface area (Å²) in [6, 6.07) is 16.7. The van der Waals surface area contributed by atoms with Gasteiger partial charge in [0.1, 0.15) is 18.2 Å². The van der Waals surface area contributed by atoms with E-state index in [4.69, 9.17) is 13.9 Å². The fourth-order valence-electron chi connectivity index (χ4n) is 2.95. The van der Waals surface area contributed by atoms with Gasteiger partial charge < -0.3 is 18.8 Å². The van der Waals surface area contributed by atoms with E-state index in [1.54, 1.807) is 31.3 Å². The molecule has 6 heteroatoms. The molecule has 0 saturated carbocycles. The molecule has 1 atom stereocenters. The van der Waals surface area contributed by atoms with Crippen LogP contribution in [0.5, 0.6) is 11.5 Å². The number of hydrogen-bond donors (Lipinski definition) is 0. The van der Waals surface area contributed by atoms with Crippen molar-refractivity contribution in [3.05, 3.63) is 72.2 Å². The molecule has 0 aliphatic carbocycles. The zero-order valence-electron chi connectivity index (χ0n) is 14.7. The maximum Gasteiger partial charge on any atom is 0.289 e. The van der Waals surface area contributed by atoms with Gasteiger partial charge in [-0.25, -0.2) is 4.39 Å². The quantitative estimate of drug-likeness (QED) is 0.699. The Kier molecular flexibility index (Phi) is 4.54. The number of rotatable bonds is 4. The number of hydrogen-bond acceptors (Lipinski definition) is 4. The van der Waals surface area contributed by atoms with E-state index < -0.39 is 0 Å². The average molecular weight is 367 g/mol. The number of halogens is 1. The van der Waals surface area contributed by atoms with Crippen LogP contribution in [0.3, 0.4) is 0 Å². The van der Waals surface area contributed by atoms with E-state index >= 15 is 0 Å². The third-order valence-electron chi connectivity index (χ3n) is 4.34. The van der Waals surface area contributed by atoms with Crippen LogP contribution in [0.4, 0.5) is 4.39 Å². The molecular weight excluding hydrogens is 349 g/mol. The lowest BCUT2D eigenvalue weighted by molar-refractivity contribution is 0.0502. The van der Waals surface area contributed by atoms with Crippen LogP contribution in [0.25, 0.3) is 11.3 Å². The second-order valence-electron chi connectivity index (χ2n) is 6.35. The summed E-state index contributed by atoms with van der Waals surface area (Å²) in [5.74, 6) is 1.53. The zero-order chi connectivity index (χ0) is 18.8. The summed E-state index contributed by atoms with van der Waals surface area (Å²) in [6.07, 6.45) is -0.264. The van der Waals surface area contributed by atoms with Gasteiger partial charge in [-0.2, -0.15) is 0 Å². The lowest BCUT2D eigenvalue weighted by Crippen LogP contribution is -2.41. The zero-order valence-corrected chi connectivity index (χ0v) is 14.7. The highest BCUT2D eigenvalue weighted by Crippen LogP contribution is 2.31. The minimum absolute atomic E-state index is 0.217. The monoisotopic (exact) mass is 367 g/mol. The first-order chi connectivity index (χ1) is 13.1. The number of carbonyl (C=O) groups is 1. The fourth-order valence-corrected chi connectivity index (χ4v) is 2.95. The summed E-state index contributed by atoms with van der Waals surface area (Å²) in [6.45, 7) is 0.730. The molecule has 138 valence electrons.